The topological polar surface area (TPSA) is 57.8 Å². The number of hydrogen-bond acceptors (Lipinski definition) is 3. The largest absolute Gasteiger partial charge is 0.310 e. The van der Waals surface area contributed by atoms with Crippen LogP contribution in [0.25, 0.3) is 0 Å². The molecule has 112 valence electrons. The fourth-order valence-corrected chi connectivity index (χ4v) is 2.70. The number of hydrogen-bond donors (Lipinski definition) is 2. The predicted molar refractivity (Wildman–Crippen MR) is 81.8 cm³/mol. The normalized spacial score (nSPS) is 23.8. The summed E-state index contributed by atoms with van der Waals surface area (Å²) in [5.41, 5.74) is 0.849. The third-order valence-electron chi connectivity index (χ3n) is 4.02. The predicted octanol–water partition coefficient (Wildman–Crippen LogP) is 2.95. The first-order valence-electron chi connectivity index (χ1n) is 7.68. The molecule has 2 rings (SSSR count). The third kappa shape index (κ3) is 4.44. The molecule has 1 aliphatic rings. The van der Waals surface area contributed by atoms with Gasteiger partial charge in [0.15, 0.2) is 0 Å². The van der Waals surface area contributed by atoms with E-state index < -0.39 is 0 Å². The zero-order valence-electron chi connectivity index (χ0n) is 13.1. The van der Waals surface area contributed by atoms with Crippen LogP contribution in [-0.2, 0) is 6.54 Å². The average molecular weight is 277 g/mol. The highest BCUT2D eigenvalue weighted by atomic mass is 16.1. The van der Waals surface area contributed by atoms with Gasteiger partial charge in [-0.15, -0.1) is 0 Å². The number of aromatic nitrogens is 2. The van der Waals surface area contributed by atoms with E-state index in [-0.39, 0.29) is 11.1 Å². The van der Waals surface area contributed by atoms with Crippen molar-refractivity contribution in [3.63, 3.8) is 0 Å². The Hall–Kier alpha value is -1.16. The van der Waals surface area contributed by atoms with Gasteiger partial charge in [-0.3, -0.25) is 4.79 Å². The molecule has 1 fully saturated rings. The summed E-state index contributed by atoms with van der Waals surface area (Å²) in [7, 11) is 0. The first kappa shape index (κ1) is 15.2. The molecule has 0 aromatic carbocycles. The van der Waals surface area contributed by atoms with E-state index in [4.69, 9.17) is 0 Å². The van der Waals surface area contributed by atoms with Crippen LogP contribution < -0.4 is 10.9 Å². The van der Waals surface area contributed by atoms with Crippen molar-refractivity contribution in [1.82, 2.24) is 15.3 Å². The average Bonchev–Trinajstić information content (AvgIpc) is 2.36. The molecule has 0 radical (unpaired) electrons. The van der Waals surface area contributed by atoms with Gasteiger partial charge in [-0.1, -0.05) is 19.8 Å². The molecule has 2 N–H and O–H groups in total. The Bertz CT molecular complexity index is 493. The second-order valence-corrected chi connectivity index (χ2v) is 7.18. The van der Waals surface area contributed by atoms with Crippen molar-refractivity contribution >= 4 is 0 Å². The van der Waals surface area contributed by atoms with E-state index >= 15 is 0 Å². The van der Waals surface area contributed by atoms with Crippen molar-refractivity contribution < 1.29 is 0 Å². The molecule has 4 nitrogen and oxygen atoms in total. The SMILES string of the molecule is CC1CCC(c2nc(CNC(C)(C)C)cc(=O)[nH]2)CC1. The summed E-state index contributed by atoms with van der Waals surface area (Å²) in [6.45, 7) is 9.29. The van der Waals surface area contributed by atoms with Crippen LogP contribution in [0.2, 0.25) is 0 Å². The smallest absolute Gasteiger partial charge is 0.251 e. The molecule has 0 atom stereocenters. The highest BCUT2D eigenvalue weighted by Crippen LogP contribution is 2.33. The van der Waals surface area contributed by atoms with Crippen molar-refractivity contribution in [2.45, 2.75) is 71.4 Å². The quantitative estimate of drug-likeness (QED) is 0.893. The summed E-state index contributed by atoms with van der Waals surface area (Å²) in [5.74, 6) is 2.12. The van der Waals surface area contributed by atoms with Crippen LogP contribution in [0, 0.1) is 5.92 Å². The lowest BCUT2D eigenvalue weighted by atomic mass is 9.82. The molecule has 0 saturated heterocycles. The molecule has 0 aliphatic heterocycles. The fourth-order valence-electron chi connectivity index (χ4n) is 2.70. The van der Waals surface area contributed by atoms with E-state index in [0.717, 1.165) is 30.3 Å². The molecule has 0 bridgehead atoms. The summed E-state index contributed by atoms with van der Waals surface area (Å²) in [4.78, 5) is 19.4. The van der Waals surface area contributed by atoms with Gasteiger partial charge in [-0.2, -0.15) is 0 Å². The Labute approximate surface area is 121 Å². The third-order valence-corrected chi connectivity index (χ3v) is 4.02. The van der Waals surface area contributed by atoms with Gasteiger partial charge in [-0.05, 0) is 39.5 Å². The lowest BCUT2D eigenvalue weighted by molar-refractivity contribution is 0.338. The maximum atomic E-state index is 11.8. The van der Waals surface area contributed by atoms with Gasteiger partial charge in [0.1, 0.15) is 5.82 Å². The minimum atomic E-state index is -0.0284. The zero-order valence-corrected chi connectivity index (χ0v) is 13.1. The van der Waals surface area contributed by atoms with Gasteiger partial charge in [-0.25, -0.2) is 4.98 Å². The molecule has 0 spiro atoms. The minimum Gasteiger partial charge on any atom is -0.310 e. The van der Waals surface area contributed by atoms with Crippen LogP contribution in [0.15, 0.2) is 10.9 Å². The number of H-pyrrole nitrogens is 1. The van der Waals surface area contributed by atoms with Crippen LogP contribution in [0.4, 0.5) is 0 Å². The fraction of sp³-hybridized carbons (Fsp3) is 0.750. The zero-order chi connectivity index (χ0) is 14.8. The van der Waals surface area contributed by atoms with E-state index in [2.05, 4.69) is 43.0 Å². The van der Waals surface area contributed by atoms with Gasteiger partial charge in [0.05, 0.1) is 5.69 Å². The Morgan fingerprint density at radius 3 is 2.55 bits per heavy atom. The highest BCUT2D eigenvalue weighted by Gasteiger charge is 2.22. The number of rotatable bonds is 3. The summed E-state index contributed by atoms with van der Waals surface area (Å²) >= 11 is 0. The summed E-state index contributed by atoms with van der Waals surface area (Å²) in [6.07, 6.45) is 4.75. The molecule has 1 aromatic rings. The summed E-state index contributed by atoms with van der Waals surface area (Å²) < 4.78 is 0. The van der Waals surface area contributed by atoms with Crippen LogP contribution in [-0.4, -0.2) is 15.5 Å². The van der Waals surface area contributed by atoms with Crippen molar-refractivity contribution in [2.75, 3.05) is 0 Å². The first-order chi connectivity index (χ1) is 9.33. The molecule has 20 heavy (non-hydrogen) atoms. The van der Waals surface area contributed by atoms with E-state index in [0.29, 0.717) is 12.5 Å². The molecule has 1 heterocycles. The molecule has 0 unspecified atom stereocenters. The monoisotopic (exact) mass is 277 g/mol. The lowest BCUT2D eigenvalue weighted by Crippen LogP contribution is -2.35. The van der Waals surface area contributed by atoms with Crippen molar-refractivity contribution in [1.29, 1.82) is 0 Å². The summed E-state index contributed by atoms with van der Waals surface area (Å²) in [6, 6.07) is 1.60. The Morgan fingerprint density at radius 2 is 1.95 bits per heavy atom. The summed E-state index contributed by atoms with van der Waals surface area (Å²) in [5, 5.41) is 3.39. The van der Waals surface area contributed by atoms with Crippen LogP contribution in [0.5, 0.6) is 0 Å². The van der Waals surface area contributed by atoms with E-state index in [9.17, 15) is 4.79 Å². The van der Waals surface area contributed by atoms with Crippen LogP contribution >= 0.6 is 0 Å². The first-order valence-corrected chi connectivity index (χ1v) is 7.68. The number of nitrogens with zero attached hydrogens (tertiary/aromatic N) is 1. The second-order valence-electron chi connectivity index (χ2n) is 7.18. The van der Waals surface area contributed by atoms with Crippen molar-refractivity contribution in [3.8, 4) is 0 Å². The molecule has 1 aliphatic carbocycles. The molecule has 1 saturated carbocycles. The van der Waals surface area contributed by atoms with E-state index in [1.54, 1.807) is 6.07 Å². The van der Waals surface area contributed by atoms with Crippen LogP contribution in [0.3, 0.4) is 0 Å². The molecular formula is C16H27N3O. The van der Waals surface area contributed by atoms with Gasteiger partial charge in [0.25, 0.3) is 5.56 Å². The van der Waals surface area contributed by atoms with Gasteiger partial charge >= 0.3 is 0 Å². The van der Waals surface area contributed by atoms with Gasteiger partial charge in [0.2, 0.25) is 0 Å². The van der Waals surface area contributed by atoms with Crippen LogP contribution in [0.1, 0.15) is 70.8 Å². The second kappa shape index (κ2) is 6.08. The maximum absolute atomic E-state index is 11.8. The molecule has 1 aromatic heterocycles. The van der Waals surface area contributed by atoms with E-state index in [1.165, 1.54) is 12.8 Å². The maximum Gasteiger partial charge on any atom is 0.251 e. The molecule has 0 amide bonds. The Kier molecular flexibility index (Phi) is 4.63. The van der Waals surface area contributed by atoms with Crippen molar-refractivity contribution in [3.05, 3.63) is 27.9 Å². The highest BCUT2D eigenvalue weighted by molar-refractivity contribution is 5.07. The molecule has 4 heteroatoms. The number of aromatic amines is 1. The number of nitrogens with one attached hydrogen (secondary N) is 2. The van der Waals surface area contributed by atoms with E-state index in [1.807, 2.05) is 0 Å². The van der Waals surface area contributed by atoms with Crippen molar-refractivity contribution in [2.24, 2.45) is 5.92 Å². The standard InChI is InChI=1S/C16H27N3O/c1-11-5-7-12(8-6-11)15-18-13(9-14(20)19-15)10-17-16(2,3)4/h9,11-12,17H,5-8,10H2,1-4H3,(H,18,19,20). The lowest BCUT2D eigenvalue weighted by Gasteiger charge is -2.25. The van der Waals surface area contributed by atoms with Gasteiger partial charge < -0.3 is 10.3 Å². The Balaban J connectivity index is 2.10. The molecular weight excluding hydrogens is 250 g/mol. The van der Waals surface area contributed by atoms with Gasteiger partial charge in [0, 0.05) is 24.1 Å². The Morgan fingerprint density at radius 1 is 1.30 bits per heavy atom. The minimum absolute atomic E-state index is 0.0284.